The number of halogens is 1. The van der Waals surface area contributed by atoms with Crippen LogP contribution in [-0.2, 0) is 5.54 Å². The monoisotopic (exact) mass is 265 g/mol. The van der Waals surface area contributed by atoms with E-state index in [1.807, 2.05) is 12.1 Å². The molecular formula is C15H20ClNO. The fraction of sp³-hybridized carbons (Fsp3) is 0.600. The zero-order valence-corrected chi connectivity index (χ0v) is 11.4. The molecule has 0 heterocycles. The molecule has 1 aromatic rings. The van der Waals surface area contributed by atoms with Gasteiger partial charge in [-0.15, -0.1) is 0 Å². The lowest BCUT2D eigenvalue weighted by atomic mass is 9.73. The summed E-state index contributed by atoms with van der Waals surface area (Å²) in [5.41, 5.74) is 7.30. The van der Waals surface area contributed by atoms with Crippen LogP contribution < -0.4 is 10.5 Å². The Morgan fingerprint density at radius 2 is 2.00 bits per heavy atom. The molecule has 0 amide bonds. The first kappa shape index (κ1) is 12.3. The summed E-state index contributed by atoms with van der Waals surface area (Å²) in [6, 6.07) is 5.95. The lowest BCUT2D eigenvalue weighted by molar-refractivity contribution is 0.179. The average molecular weight is 266 g/mol. The lowest BCUT2D eigenvalue weighted by Gasteiger charge is -2.39. The van der Waals surface area contributed by atoms with Gasteiger partial charge >= 0.3 is 0 Å². The van der Waals surface area contributed by atoms with Crippen LogP contribution in [0.1, 0.15) is 44.1 Å². The van der Waals surface area contributed by atoms with Crippen molar-refractivity contribution < 1.29 is 4.74 Å². The van der Waals surface area contributed by atoms with Gasteiger partial charge < -0.3 is 10.5 Å². The molecule has 2 fully saturated rings. The molecule has 2 aliphatic rings. The summed E-state index contributed by atoms with van der Waals surface area (Å²) in [6.45, 7) is 0.817. The first-order chi connectivity index (χ1) is 8.66. The van der Waals surface area contributed by atoms with Crippen LogP contribution in [0.3, 0.4) is 0 Å². The van der Waals surface area contributed by atoms with E-state index in [9.17, 15) is 0 Å². The smallest absolute Gasteiger partial charge is 0.121 e. The van der Waals surface area contributed by atoms with E-state index in [4.69, 9.17) is 22.1 Å². The Labute approximate surface area is 113 Å². The highest BCUT2D eigenvalue weighted by atomic mass is 35.5. The molecule has 0 radical (unpaired) electrons. The maximum absolute atomic E-state index is 6.34. The Kier molecular flexibility index (Phi) is 3.25. The van der Waals surface area contributed by atoms with Crippen LogP contribution in [0, 0.1) is 5.92 Å². The highest BCUT2D eigenvalue weighted by Gasteiger charge is 2.34. The van der Waals surface area contributed by atoms with Crippen molar-refractivity contribution in [3.8, 4) is 5.75 Å². The Bertz CT molecular complexity index is 438. The van der Waals surface area contributed by atoms with Crippen LogP contribution in [-0.4, -0.2) is 6.61 Å². The van der Waals surface area contributed by atoms with Crippen molar-refractivity contribution in [1.82, 2.24) is 0 Å². The molecule has 2 N–H and O–H groups in total. The van der Waals surface area contributed by atoms with Gasteiger partial charge in [-0.25, -0.2) is 0 Å². The van der Waals surface area contributed by atoms with Crippen LogP contribution >= 0.6 is 11.6 Å². The molecular weight excluding hydrogens is 246 g/mol. The summed E-state index contributed by atoms with van der Waals surface area (Å²) >= 11 is 6.16. The van der Waals surface area contributed by atoms with Gasteiger partial charge in [-0.2, -0.15) is 0 Å². The molecule has 0 atom stereocenters. The van der Waals surface area contributed by atoms with Gasteiger partial charge in [0.1, 0.15) is 5.75 Å². The molecule has 0 saturated heterocycles. The Morgan fingerprint density at radius 3 is 2.56 bits per heavy atom. The van der Waals surface area contributed by atoms with Gasteiger partial charge in [0.15, 0.2) is 0 Å². The standard InChI is InChI=1S/C15H20ClNO/c16-13-7-12(15(17)5-2-6-15)8-14(9-13)18-10-11-3-1-4-11/h7-9,11H,1-6,10,17H2. The molecule has 2 aliphatic carbocycles. The second-order valence-electron chi connectivity index (χ2n) is 5.79. The Balaban J connectivity index is 1.72. The normalized spacial score (nSPS) is 22.1. The molecule has 2 nitrogen and oxygen atoms in total. The van der Waals surface area contributed by atoms with Crippen LogP contribution in [0.25, 0.3) is 0 Å². The van der Waals surface area contributed by atoms with Crippen molar-refractivity contribution in [2.75, 3.05) is 6.61 Å². The second kappa shape index (κ2) is 4.75. The second-order valence-corrected chi connectivity index (χ2v) is 6.23. The Morgan fingerprint density at radius 1 is 1.22 bits per heavy atom. The molecule has 3 rings (SSSR count). The number of hydrogen-bond donors (Lipinski definition) is 1. The third kappa shape index (κ3) is 2.36. The number of nitrogens with two attached hydrogens (primary N) is 1. The zero-order chi connectivity index (χ0) is 12.6. The third-order valence-electron chi connectivity index (χ3n) is 4.40. The summed E-state index contributed by atoms with van der Waals surface area (Å²) in [5, 5.41) is 0.729. The largest absolute Gasteiger partial charge is 0.493 e. The molecule has 1 aromatic carbocycles. The average Bonchev–Trinajstić information content (AvgIpc) is 2.23. The topological polar surface area (TPSA) is 35.2 Å². The summed E-state index contributed by atoms with van der Waals surface area (Å²) in [6.07, 6.45) is 7.26. The van der Waals surface area contributed by atoms with Crippen molar-refractivity contribution in [1.29, 1.82) is 0 Å². The molecule has 0 spiro atoms. The van der Waals surface area contributed by atoms with Gasteiger partial charge in [-0.1, -0.05) is 18.0 Å². The first-order valence-corrected chi connectivity index (χ1v) is 7.26. The van der Waals surface area contributed by atoms with Crippen molar-refractivity contribution in [2.24, 2.45) is 11.7 Å². The van der Waals surface area contributed by atoms with Gasteiger partial charge in [0, 0.05) is 10.6 Å². The van der Waals surface area contributed by atoms with E-state index in [0.717, 1.165) is 41.7 Å². The number of rotatable bonds is 4. The highest BCUT2D eigenvalue weighted by molar-refractivity contribution is 6.30. The van der Waals surface area contributed by atoms with Gasteiger partial charge in [-0.05, 0) is 61.8 Å². The molecule has 98 valence electrons. The van der Waals surface area contributed by atoms with E-state index in [1.54, 1.807) is 0 Å². The van der Waals surface area contributed by atoms with Crippen molar-refractivity contribution in [3.63, 3.8) is 0 Å². The van der Waals surface area contributed by atoms with Gasteiger partial charge in [0.05, 0.1) is 6.61 Å². The summed E-state index contributed by atoms with van der Waals surface area (Å²) < 4.78 is 5.86. The number of hydrogen-bond acceptors (Lipinski definition) is 2. The molecule has 0 aliphatic heterocycles. The Hall–Kier alpha value is -0.730. The first-order valence-electron chi connectivity index (χ1n) is 6.88. The van der Waals surface area contributed by atoms with Crippen LogP contribution in [0.2, 0.25) is 5.02 Å². The molecule has 0 unspecified atom stereocenters. The van der Waals surface area contributed by atoms with Crippen molar-refractivity contribution >= 4 is 11.6 Å². The third-order valence-corrected chi connectivity index (χ3v) is 4.62. The van der Waals surface area contributed by atoms with Gasteiger partial charge in [0.25, 0.3) is 0 Å². The van der Waals surface area contributed by atoms with E-state index in [1.165, 1.54) is 25.7 Å². The van der Waals surface area contributed by atoms with E-state index in [2.05, 4.69) is 6.07 Å². The van der Waals surface area contributed by atoms with Crippen LogP contribution in [0.5, 0.6) is 5.75 Å². The van der Waals surface area contributed by atoms with Gasteiger partial charge in [0.2, 0.25) is 0 Å². The molecule has 3 heteroatoms. The minimum Gasteiger partial charge on any atom is -0.493 e. The predicted octanol–water partition coefficient (Wildman–Crippen LogP) is 3.86. The maximum Gasteiger partial charge on any atom is 0.121 e. The molecule has 2 saturated carbocycles. The van der Waals surface area contributed by atoms with Gasteiger partial charge in [-0.3, -0.25) is 0 Å². The minimum atomic E-state index is -0.167. The molecule has 0 aromatic heterocycles. The summed E-state index contributed by atoms with van der Waals surface area (Å²) in [7, 11) is 0. The van der Waals surface area contributed by atoms with E-state index < -0.39 is 0 Å². The zero-order valence-electron chi connectivity index (χ0n) is 10.6. The summed E-state index contributed by atoms with van der Waals surface area (Å²) in [5.74, 6) is 1.61. The predicted molar refractivity (Wildman–Crippen MR) is 74.0 cm³/mol. The number of benzene rings is 1. The SMILES string of the molecule is NC1(c2cc(Cl)cc(OCC3CCC3)c2)CCC1. The van der Waals surface area contributed by atoms with E-state index in [0.29, 0.717) is 0 Å². The highest BCUT2D eigenvalue weighted by Crippen LogP contribution is 2.41. The van der Waals surface area contributed by atoms with Crippen molar-refractivity contribution in [2.45, 2.75) is 44.1 Å². The maximum atomic E-state index is 6.34. The van der Waals surface area contributed by atoms with Crippen LogP contribution in [0.4, 0.5) is 0 Å². The molecule has 18 heavy (non-hydrogen) atoms. The quantitative estimate of drug-likeness (QED) is 0.897. The lowest BCUT2D eigenvalue weighted by Crippen LogP contribution is -2.43. The van der Waals surface area contributed by atoms with E-state index >= 15 is 0 Å². The minimum absolute atomic E-state index is 0.167. The molecule has 0 bridgehead atoms. The number of ether oxygens (including phenoxy) is 1. The van der Waals surface area contributed by atoms with E-state index in [-0.39, 0.29) is 5.54 Å². The summed E-state index contributed by atoms with van der Waals surface area (Å²) in [4.78, 5) is 0. The fourth-order valence-corrected chi connectivity index (χ4v) is 2.88. The van der Waals surface area contributed by atoms with Crippen LogP contribution in [0.15, 0.2) is 18.2 Å². The van der Waals surface area contributed by atoms with Crippen molar-refractivity contribution in [3.05, 3.63) is 28.8 Å². The fourth-order valence-electron chi connectivity index (χ4n) is 2.65.